The van der Waals surface area contributed by atoms with E-state index in [0.717, 1.165) is 49.0 Å². The average Bonchev–Trinajstić information content (AvgIpc) is 3.09. The molecule has 3 rings (SSSR count). The van der Waals surface area contributed by atoms with E-state index in [-0.39, 0.29) is 4.90 Å². The first-order valence-electron chi connectivity index (χ1n) is 18.1. The summed E-state index contributed by atoms with van der Waals surface area (Å²) in [6.45, 7) is 8.17. The normalized spacial score (nSPS) is 11.8. The smallest absolute Gasteiger partial charge is 0.257 e. The number of hydrazine groups is 1. The van der Waals surface area contributed by atoms with Gasteiger partial charge in [-0.3, -0.25) is 0 Å². The van der Waals surface area contributed by atoms with Gasteiger partial charge >= 0.3 is 0 Å². The highest BCUT2D eigenvalue weighted by atomic mass is 32.2. The second-order valence-corrected chi connectivity index (χ2v) is 14.0. The lowest BCUT2D eigenvalue weighted by Crippen LogP contribution is -2.36. The van der Waals surface area contributed by atoms with Crippen molar-refractivity contribution >= 4 is 15.7 Å². The largest absolute Gasteiger partial charge is 0.494 e. The molecule has 7 nitrogen and oxygen atoms in total. The number of aryl methyl sites for hydroxylation is 1. The maximum Gasteiger partial charge on any atom is 0.257 e. The van der Waals surface area contributed by atoms with Crippen LogP contribution < -0.4 is 24.5 Å². The van der Waals surface area contributed by atoms with Crippen molar-refractivity contribution in [2.75, 3.05) is 19.8 Å². The first kappa shape index (κ1) is 39.0. The number of nitrogens with one attached hydrogen (secondary N) is 2. The van der Waals surface area contributed by atoms with Crippen LogP contribution in [0.3, 0.4) is 0 Å². The van der Waals surface area contributed by atoms with Crippen LogP contribution in [0.5, 0.6) is 17.2 Å². The predicted molar refractivity (Wildman–Crippen MR) is 198 cm³/mol. The first-order chi connectivity index (χ1) is 23.4. The van der Waals surface area contributed by atoms with Gasteiger partial charge in [0.2, 0.25) is 0 Å². The van der Waals surface area contributed by atoms with E-state index in [9.17, 15) is 8.42 Å². The highest BCUT2D eigenvalue weighted by Crippen LogP contribution is 2.31. The molecule has 3 aromatic rings. The Bertz CT molecular complexity index is 1430. The topological polar surface area (TPSA) is 85.9 Å². The molecule has 0 aromatic heterocycles. The van der Waals surface area contributed by atoms with Crippen LogP contribution in [0.25, 0.3) is 5.70 Å². The van der Waals surface area contributed by atoms with E-state index in [4.69, 9.17) is 14.2 Å². The van der Waals surface area contributed by atoms with Crippen molar-refractivity contribution in [1.82, 2.24) is 10.3 Å². The first-order valence-corrected chi connectivity index (χ1v) is 19.5. The molecule has 0 bridgehead atoms. The summed E-state index contributed by atoms with van der Waals surface area (Å²) in [6.07, 6.45) is 17.7. The Balaban J connectivity index is 1.74. The Morgan fingerprint density at radius 2 is 1.23 bits per heavy atom. The summed E-state index contributed by atoms with van der Waals surface area (Å²) in [5, 5.41) is 0. The van der Waals surface area contributed by atoms with Gasteiger partial charge < -0.3 is 19.6 Å². The van der Waals surface area contributed by atoms with Gasteiger partial charge in [0.15, 0.2) is 11.5 Å². The molecule has 0 atom stereocenters. The molecular weight excluding hydrogens is 621 g/mol. The molecule has 0 aliphatic rings. The van der Waals surface area contributed by atoms with Crippen LogP contribution in [0.15, 0.2) is 83.8 Å². The predicted octanol–water partition coefficient (Wildman–Crippen LogP) is 10.2. The van der Waals surface area contributed by atoms with Crippen molar-refractivity contribution in [3.05, 3.63) is 90.0 Å². The Morgan fingerprint density at radius 3 is 1.88 bits per heavy atom. The van der Waals surface area contributed by atoms with Crippen LogP contribution in [0.2, 0.25) is 0 Å². The lowest BCUT2D eigenvalue weighted by molar-refractivity contribution is 0.258. The van der Waals surface area contributed by atoms with E-state index in [0.29, 0.717) is 43.4 Å². The maximum atomic E-state index is 13.2. The van der Waals surface area contributed by atoms with E-state index in [1.54, 1.807) is 24.3 Å². The van der Waals surface area contributed by atoms with Gasteiger partial charge in [0.05, 0.1) is 30.4 Å². The number of benzene rings is 3. The minimum atomic E-state index is -3.80. The number of hydrogen-bond donors (Lipinski definition) is 2. The van der Waals surface area contributed by atoms with E-state index in [1.165, 1.54) is 51.4 Å². The van der Waals surface area contributed by atoms with Crippen LogP contribution >= 0.6 is 0 Å². The lowest BCUT2D eigenvalue weighted by Gasteiger charge is -2.17. The Morgan fingerprint density at radius 1 is 0.646 bits per heavy atom. The summed E-state index contributed by atoms with van der Waals surface area (Å²) < 4.78 is 44.8. The molecule has 0 saturated carbocycles. The van der Waals surface area contributed by atoms with Crippen molar-refractivity contribution in [2.24, 2.45) is 0 Å². The number of allylic oxidation sites excluding steroid dienone is 1. The third kappa shape index (κ3) is 15.2. The van der Waals surface area contributed by atoms with Crippen LogP contribution in [-0.4, -0.2) is 28.2 Å². The summed E-state index contributed by atoms with van der Waals surface area (Å²) in [7, 11) is -3.80. The molecule has 0 unspecified atom stereocenters. The standard InChI is InChI=1S/C40H58N2O5S/c1-4-6-8-10-12-18-31-46-39-29-26-35(33-40(39)47-32-19-13-11-9-7-5-2)38(23-17-20-30-45-36-21-15-14-16-22-36)41-42-48(43,44)37-27-24-34(3)25-28-37/h14-16,21-29,33,41-42H,4-13,17-20,30-32H2,1-3H3. The minimum Gasteiger partial charge on any atom is -0.494 e. The van der Waals surface area contributed by atoms with Crippen LogP contribution in [0, 0.1) is 6.92 Å². The van der Waals surface area contributed by atoms with Crippen molar-refractivity contribution in [1.29, 1.82) is 0 Å². The van der Waals surface area contributed by atoms with Crippen LogP contribution in [0.4, 0.5) is 0 Å². The third-order valence-corrected chi connectivity index (χ3v) is 9.39. The zero-order valence-corrected chi connectivity index (χ0v) is 30.3. The quantitative estimate of drug-likeness (QED) is 0.0649. The fraction of sp³-hybridized carbons (Fsp3) is 0.500. The number of hydrogen-bond acceptors (Lipinski definition) is 6. The van der Waals surface area contributed by atoms with Gasteiger partial charge in [-0.1, -0.05) is 120 Å². The maximum absolute atomic E-state index is 13.2. The highest BCUT2D eigenvalue weighted by molar-refractivity contribution is 7.89. The summed E-state index contributed by atoms with van der Waals surface area (Å²) in [5.41, 5.74) is 5.43. The van der Waals surface area contributed by atoms with Gasteiger partial charge in [-0.25, -0.2) is 8.42 Å². The summed E-state index contributed by atoms with van der Waals surface area (Å²) in [5.74, 6) is 2.22. The zero-order chi connectivity index (χ0) is 34.3. The molecule has 0 spiro atoms. The number of unbranched alkanes of at least 4 members (excludes halogenated alkanes) is 11. The summed E-state index contributed by atoms with van der Waals surface area (Å²) in [4.78, 5) is 2.78. The van der Waals surface area contributed by atoms with E-state index in [2.05, 4.69) is 24.1 Å². The third-order valence-electron chi connectivity index (χ3n) is 8.13. The molecule has 0 amide bonds. The molecule has 0 fully saturated rings. The Hall–Kier alpha value is -3.49. The minimum absolute atomic E-state index is 0.192. The molecule has 8 heteroatoms. The molecule has 3 aromatic carbocycles. The average molecular weight is 679 g/mol. The Labute approximate surface area is 290 Å². The van der Waals surface area contributed by atoms with E-state index < -0.39 is 10.0 Å². The molecule has 2 N–H and O–H groups in total. The second-order valence-electron chi connectivity index (χ2n) is 12.4. The van der Waals surface area contributed by atoms with Gasteiger partial charge in [0, 0.05) is 5.56 Å². The van der Waals surface area contributed by atoms with Crippen LogP contribution in [-0.2, 0) is 10.0 Å². The van der Waals surface area contributed by atoms with Crippen molar-refractivity contribution in [3.63, 3.8) is 0 Å². The van der Waals surface area contributed by atoms with Crippen LogP contribution in [0.1, 0.15) is 115 Å². The summed E-state index contributed by atoms with van der Waals surface area (Å²) in [6, 6.07) is 22.4. The number of para-hydroxylation sites is 1. The molecule has 264 valence electrons. The van der Waals surface area contributed by atoms with Gasteiger partial charge in [0.25, 0.3) is 10.0 Å². The monoisotopic (exact) mass is 678 g/mol. The molecule has 0 heterocycles. The Kier molecular flexibility index (Phi) is 18.6. The van der Waals surface area contributed by atoms with E-state index >= 15 is 0 Å². The lowest BCUT2D eigenvalue weighted by atomic mass is 10.1. The molecular formula is C40H58N2O5S. The highest BCUT2D eigenvalue weighted by Gasteiger charge is 2.16. The van der Waals surface area contributed by atoms with Gasteiger partial charge in [-0.2, -0.15) is 0 Å². The molecule has 0 saturated heterocycles. The molecule has 48 heavy (non-hydrogen) atoms. The number of rotatable bonds is 26. The molecule has 0 aliphatic heterocycles. The van der Waals surface area contributed by atoms with Crippen molar-refractivity contribution in [3.8, 4) is 17.2 Å². The van der Waals surface area contributed by atoms with E-state index in [1.807, 2.05) is 61.5 Å². The molecule has 0 aliphatic carbocycles. The molecule has 0 radical (unpaired) electrons. The SMILES string of the molecule is CCCCCCCCOc1ccc(C(=CCCCOc2ccccc2)NNS(=O)(=O)c2ccc(C)cc2)cc1OCCCCCCCC. The van der Waals surface area contributed by atoms with Gasteiger partial charge in [-0.05, 0) is 75.1 Å². The number of sulfonamides is 1. The second kappa shape index (κ2) is 23.0. The number of ether oxygens (including phenoxy) is 3. The van der Waals surface area contributed by atoms with Gasteiger partial charge in [0.1, 0.15) is 5.75 Å². The van der Waals surface area contributed by atoms with Gasteiger partial charge in [-0.15, -0.1) is 4.83 Å². The van der Waals surface area contributed by atoms with Crippen molar-refractivity contribution in [2.45, 2.75) is 116 Å². The fourth-order valence-electron chi connectivity index (χ4n) is 5.21. The zero-order valence-electron chi connectivity index (χ0n) is 29.5. The summed E-state index contributed by atoms with van der Waals surface area (Å²) >= 11 is 0. The fourth-order valence-corrected chi connectivity index (χ4v) is 6.07. The van der Waals surface area contributed by atoms with Crippen molar-refractivity contribution < 1.29 is 22.6 Å².